The Labute approximate surface area is 138 Å². The second-order valence-corrected chi connectivity index (χ2v) is 5.23. The summed E-state index contributed by atoms with van der Waals surface area (Å²) in [6.07, 6.45) is 5.18. The molecule has 24 heavy (non-hydrogen) atoms. The Hall–Kier alpha value is -3.34. The first-order valence-corrected chi connectivity index (χ1v) is 7.43. The minimum atomic E-state index is -0.472. The van der Waals surface area contributed by atoms with E-state index < -0.39 is 5.97 Å². The summed E-state index contributed by atoms with van der Waals surface area (Å²) in [5.74, 6) is 1.15. The summed E-state index contributed by atoms with van der Waals surface area (Å²) in [7, 11) is 0. The van der Waals surface area contributed by atoms with Gasteiger partial charge in [0.2, 0.25) is 12.7 Å². The lowest BCUT2D eigenvalue weighted by molar-refractivity contribution is -0.129. The van der Waals surface area contributed by atoms with Crippen LogP contribution in [0.1, 0.15) is 11.1 Å². The second kappa shape index (κ2) is 6.04. The number of aliphatic imine (C=N–C) groups is 1. The molecule has 0 saturated heterocycles. The van der Waals surface area contributed by atoms with Gasteiger partial charge in [-0.1, -0.05) is 36.4 Å². The fourth-order valence-electron chi connectivity index (χ4n) is 2.39. The molecule has 5 heteroatoms. The number of ether oxygens (including phenoxy) is 3. The predicted molar refractivity (Wildman–Crippen MR) is 89.5 cm³/mol. The van der Waals surface area contributed by atoms with Gasteiger partial charge in [0.05, 0.1) is 0 Å². The van der Waals surface area contributed by atoms with Gasteiger partial charge in [0.1, 0.15) is 0 Å². The zero-order valence-electron chi connectivity index (χ0n) is 12.6. The first-order chi connectivity index (χ1) is 11.8. The highest BCUT2D eigenvalue weighted by atomic mass is 16.7. The Kier molecular flexibility index (Phi) is 3.59. The fraction of sp³-hybridized carbons (Fsp3) is 0.0526. The van der Waals surface area contributed by atoms with Crippen molar-refractivity contribution in [2.75, 3.05) is 6.79 Å². The molecule has 0 saturated carbocycles. The van der Waals surface area contributed by atoms with Crippen molar-refractivity contribution in [3.63, 3.8) is 0 Å². The normalized spacial score (nSPS) is 17.4. The van der Waals surface area contributed by atoms with E-state index in [-0.39, 0.29) is 18.4 Å². The van der Waals surface area contributed by atoms with Crippen molar-refractivity contribution in [1.29, 1.82) is 0 Å². The van der Waals surface area contributed by atoms with Crippen LogP contribution in [-0.4, -0.2) is 18.7 Å². The van der Waals surface area contributed by atoms with Gasteiger partial charge < -0.3 is 14.2 Å². The number of rotatable bonds is 3. The van der Waals surface area contributed by atoms with E-state index in [4.69, 9.17) is 14.2 Å². The van der Waals surface area contributed by atoms with Crippen molar-refractivity contribution in [2.45, 2.75) is 0 Å². The quantitative estimate of drug-likeness (QED) is 0.642. The summed E-state index contributed by atoms with van der Waals surface area (Å²) in [5.41, 5.74) is 2.05. The zero-order valence-corrected chi connectivity index (χ0v) is 12.6. The number of benzene rings is 2. The monoisotopic (exact) mass is 319 g/mol. The summed E-state index contributed by atoms with van der Waals surface area (Å²) < 4.78 is 15.7. The average molecular weight is 319 g/mol. The van der Waals surface area contributed by atoms with Crippen LogP contribution in [0.2, 0.25) is 0 Å². The summed E-state index contributed by atoms with van der Waals surface area (Å²) in [6, 6.07) is 15.2. The molecule has 0 amide bonds. The number of carbonyl (C=O) groups excluding carboxylic acids is 1. The van der Waals surface area contributed by atoms with E-state index >= 15 is 0 Å². The maximum atomic E-state index is 11.9. The van der Waals surface area contributed by atoms with Gasteiger partial charge in [0.15, 0.2) is 17.2 Å². The molecule has 2 aromatic carbocycles. The molecule has 0 atom stereocenters. The molecule has 0 spiro atoms. The van der Waals surface area contributed by atoms with Crippen molar-refractivity contribution in [3.05, 3.63) is 71.4 Å². The molecule has 0 radical (unpaired) electrons. The van der Waals surface area contributed by atoms with Crippen molar-refractivity contribution in [3.8, 4) is 11.5 Å². The molecule has 2 aromatic rings. The van der Waals surface area contributed by atoms with Crippen molar-refractivity contribution < 1.29 is 19.0 Å². The van der Waals surface area contributed by atoms with E-state index in [0.29, 0.717) is 11.5 Å². The van der Waals surface area contributed by atoms with Crippen molar-refractivity contribution in [2.24, 2.45) is 4.99 Å². The van der Waals surface area contributed by atoms with E-state index in [2.05, 4.69) is 4.99 Å². The van der Waals surface area contributed by atoms with Crippen molar-refractivity contribution in [1.82, 2.24) is 0 Å². The van der Waals surface area contributed by atoms with Crippen LogP contribution >= 0.6 is 0 Å². The van der Waals surface area contributed by atoms with E-state index in [1.54, 1.807) is 24.3 Å². The summed E-state index contributed by atoms with van der Waals surface area (Å²) in [5, 5.41) is 0. The largest absolute Gasteiger partial charge is 0.454 e. The van der Waals surface area contributed by atoms with Gasteiger partial charge in [-0.3, -0.25) is 0 Å². The van der Waals surface area contributed by atoms with Crippen LogP contribution in [0.4, 0.5) is 0 Å². The lowest BCUT2D eigenvalue weighted by atomic mass is 10.1. The van der Waals surface area contributed by atoms with E-state index in [0.717, 1.165) is 11.1 Å². The molecule has 0 bridgehead atoms. The van der Waals surface area contributed by atoms with Gasteiger partial charge >= 0.3 is 5.97 Å². The van der Waals surface area contributed by atoms with Crippen LogP contribution in [0.25, 0.3) is 12.2 Å². The Morgan fingerprint density at radius 1 is 0.917 bits per heavy atom. The maximum absolute atomic E-state index is 11.9. The molecule has 4 rings (SSSR count). The number of hydrogen-bond acceptors (Lipinski definition) is 5. The molecule has 0 aliphatic carbocycles. The van der Waals surface area contributed by atoms with Crippen LogP contribution < -0.4 is 9.47 Å². The summed E-state index contributed by atoms with van der Waals surface area (Å²) in [4.78, 5) is 16.2. The van der Waals surface area contributed by atoms with Crippen molar-refractivity contribution >= 4 is 24.0 Å². The smallest absolute Gasteiger partial charge is 0.363 e. The van der Waals surface area contributed by atoms with Gasteiger partial charge in [-0.05, 0) is 35.4 Å². The number of esters is 1. The van der Waals surface area contributed by atoms with Crippen LogP contribution in [0.5, 0.6) is 11.5 Å². The number of nitrogens with zero attached hydrogens (tertiary/aromatic N) is 1. The molecular weight excluding hydrogens is 306 g/mol. The lowest BCUT2D eigenvalue weighted by Gasteiger charge is -1.97. The van der Waals surface area contributed by atoms with Crippen LogP contribution in [0.3, 0.4) is 0 Å². The topological polar surface area (TPSA) is 57.1 Å². The van der Waals surface area contributed by atoms with Crippen LogP contribution in [0.15, 0.2) is 65.3 Å². The average Bonchev–Trinajstić information content (AvgIpc) is 3.20. The Balaban J connectivity index is 1.56. The summed E-state index contributed by atoms with van der Waals surface area (Å²) in [6.45, 7) is 0.212. The summed E-state index contributed by atoms with van der Waals surface area (Å²) >= 11 is 0. The molecule has 2 aliphatic rings. The zero-order chi connectivity index (χ0) is 16.4. The number of cyclic esters (lactones) is 1. The Morgan fingerprint density at radius 3 is 2.62 bits per heavy atom. The Morgan fingerprint density at radius 2 is 1.75 bits per heavy atom. The number of carbonyl (C=O) groups is 1. The van der Waals surface area contributed by atoms with E-state index in [1.807, 2.05) is 42.5 Å². The maximum Gasteiger partial charge on any atom is 0.363 e. The lowest BCUT2D eigenvalue weighted by Crippen LogP contribution is -2.01. The van der Waals surface area contributed by atoms with Gasteiger partial charge in [-0.15, -0.1) is 0 Å². The van der Waals surface area contributed by atoms with E-state index in [9.17, 15) is 4.79 Å². The predicted octanol–water partition coefficient (Wildman–Crippen LogP) is 3.42. The van der Waals surface area contributed by atoms with Crippen LogP contribution in [-0.2, 0) is 9.53 Å². The Bertz CT molecular complexity index is 881. The van der Waals surface area contributed by atoms with Gasteiger partial charge in [0.25, 0.3) is 0 Å². The van der Waals surface area contributed by atoms with E-state index in [1.165, 1.54) is 0 Å². The molecule has 0 N–H and O–H groups in total. The molecule has 2 aliphatic heterocycles. The minimum Gasteiger partial charge on any atom is -0.454 e. The van der Waals surface area contributed by atoms with Gasteiger partial charge in [-0.25, -0.2) is 9.79 Å². The fourth-order valence-corrected chi connectivity index (χ4v) is 2.39. The standard InChI is InChI=1S/C19H13NO4/c21-19-15(10-14-6-8-16-17(11-14)23-12-22-16)20-18(24-19)9-7-13-4-2-1-3-5-13/h1-11H,12H2/b9-7-,15-10-. The molecule has 0 aromatic heterocycles. The molecule has 118 valence electrons. The third-order valence-corrected chi connectivity index (χ3v) is 3.55. The second-order valence-electron chi connectivity index (χ2n) is 5.23. The minimum absolute atomic E-state index is 0.212. The molecular formula is C19H13NO4. The molecule has 5 nitrogen and oxygen atoms in total. The van der Waals surface area contributed by atoms with Crippen LogP contribution in [0, 0.1) is 0 Å². The third kappa shape index (κ3) is 2.92. The SMILES string of the molecule is O=C1OC(/C=C\c2ccccc2)=NC/1=C\c1ccc2c(c1)OCO2. The van der Waals surface area contributed by atoms with Gasteiger partial charge in [-0.2, -0.15) is 0 Å². The number of hydrogen-bond donors (Lipinski definition) is 0. The first-order valence-electron chi connectivity index (χ1n) is 7.43. The van der Waals surface area contributed by atoms with Gasteiger partial charge in [0, 0.05) is 6.08 Å². The first kappa shape index (κ1) is 14.3. The highest BCUT2D eigenvalue weighted by Gasteiger charge is 2.21. The highest BCUT2D eigenvalue weighted by molar-refractivity contribution is 6.11. The highest BCUT2D eigenvalue weighted by Crippen LogP contribution is 2.33. The molecule has 2 heterocycles. The number of fused-ring (bicyclic) bond motifs is 1. The molecule has 0 unspecified atom stereocenters. The third-order valence-electron chi connectivity index (χ3n) is 3.55. The molecule has 0 fully saturated rings.